The van der Waals surface area contributed by atoms with E-state index in [2.05, 4.69) is 10.5 Å². The van der Waals surface area contributed by atoms with Gasteiger partial charge in [0, 0.05) is 30.6 Å². The molecule has 0 saturated carbocycles. The van der Waals surface area contributed by atoms with Gasteiger partial charge in [-0.1, -0.05) is 41.9 Å². The van der Waals surface area contributed by atoms with Gasteiger partial charge in [-0.3, -0.25) is 4.79 Å². The second kappa shape index (κ2) is 8.85. The van der Waals surface area contributed by atoms with Crippen molar-refractivity contribution in [3.63, 3.8) is 0 Å². The van der Waals surface area contributed by atoms with Crippen LogP contribution < -0.4 is 5.32 Å². The number of carbonyl (C=O) groups is 1. The minimum absolute atomic E-state index is 0.0445. The van der Waals surface area contributed by atoms with Gasteiger partial charge in [0.15, 0.2) is 5.76 Å². The lowest BCUT2D eigenvalue weighted by molar-refractivity contribution is -0.126. The van der Waals surface area contributed by atoms with E-state index in [0.29, 0.717) is 49.0 Å². The van der Waals surface area contributed by atoms with E-state index in [1.54, 1.807) is 19.9 Å². The SMILES string of the molecule is Cc1noc(C)c1S(=O)(=O)N1CCC([C@@H](C)C(=O)NCc2ccccc2Cl)CC1. The molecule has 2 heterocycles. The normalized spacial score (nSPS) is 17.2. The third-order valence-electron chi connectivity index (χ3n) is 5.60. The van der Waals surface area contributed by atoms with Gasteiger partial charge >= 0.3 is 0 Å². The standard InChI is InChI=1S/C20H26ClN3O4S/c1-13(20(25)22-12-17-6-4-5-7-18(17)21)16-8-10-24(11-9-16)29(26,27)19-14(2)23-28-15(19)3/h4-7,13,16H,8-12H2,1-3H3,(H,22,25)/t13-/m1/s1. The molecule has 0 bridgehead atoms. The number of nitrogens with one attached hydrogen (secondary N) is 1. The van der Waals surface area contributed by atoms with Gasteiger partial charge in [0.25, 0.3) is 0 Å². The highest BCUT2D eigenvalue weighted by Crippen LogP contribution is 2.30. The van der Waals surface area contributed by atoms with Crippen LogP contribution in [0.3, 0.4) is 0 Å². The summed E-state index contributed by atoms with van der Waals surface area (Å²) in [4.78, 5) is 12.7. The maximum Gasteiger partial charge on any atom is 0.248 e. The fraction of sp³-hybridized carbons (Fsp3) is 0.500. The predicted octanol–water partition coefficient (Wildman–Crippen LogP) is 3.30. The zero-order valence-electron chi connectivity index (χ0n) is 16.8. The predicted molar refractivity (Wildman–Crippen MR) is 110 cm³/mol. The number of rotatable bonds is 6. The third kappa shape index (κ3) is 4.65. The van der Waals surface area contributed by atoms with E-state index in [1.807, 2.05) is 25.1 Å². The van der Waals surface area contributed by atoms with Crippen LogP contribution in [0.4, 0.5) is 0 Å². The molecule has 1 aliphatic rings. The van der Waals surface area contributed by atoms with Crippen molar-refractivity contribution in [1.29, 1.82) is 0 Å². The minimum Gasteiger partial charge on any atom is -0.360 e. The first-order valence-corrected chi connectivity index (χ1v) is 11.5. The molecule has 1 fully saturated rings. The molecule has 1 amide bonds. The summed E-state index contributed by atoms with van der Waals surface area (Å²) in [7, 11) is -3.64. The van der Waals surface area contributed by atoms with Gasteiger partial charge in [0.2, 0.25) is 15.9 Å². The number of aromatic nitrogens is 1. The van der Waals surface area contributed by atoms with Crippen LogP contribution >= 0.6 is 11.6 Å². The van der Waals surface area contributed by atoms with Crippen molar-refractivity contribution >= 4 is 27.5 Å². The molecule has 2 aromatic rings. The quantitative estimate of drug-likeness (QED) is 0.745. The number of nitrogens with zero attached hydrogens (tertiary/aromatic N) is 2. The van der Waals surface area contributed by atoms with E-state index in [9.17, 15) is 13.2 Å². The highest BCUT2D eigenvalue weighted by Gasteiger charge is 2.36. The molecule has 1 N–H and O–H groups in total. The van der Waals surface area contributed by atoms with Gasteiger partial charge in [0.1, 0.15) is 10.6 Å². The van der Waals surface area contributed by atoms with E-state index < -0.39 is 10.0 Å². The molecule has 29 heavy (non-hydrogen) atoms. The van der Waals surface area contributed by atoms with E-state index >= 15 is 0 Å². The molecule has 1 aromatic heterocycles. The average Bonchev–Trinajstić information content (AvgIpc) is 3.05. The Balaban J connectivity index is 1.57. The van der Waals surface area contributed by atoms with Crippen molar-refractivity contribution in [3.05, 3.63) is 46.3 Å². The Morgan fingerprint density at radius 2 is 1.97 bits per heavy atom. The highest BCUT2D eigenvalue weighted by molar-refractivity contribution is 7.89. The van der Waals surface area contributed by atoms with Crippen molar-refractivity contribution in [2.24, 2.45) is 11.8 Å². The topological polar surface area (TPSA) is 92.5 Å². The Morgan fingerprint density at radius 1 is 1.31 bits per heavy atom. The number of piperidine rings is 1. The summed E-state index contributed by atoms with van der Waals surface area (Å²) in [6.07, 6.45) is 1.26. The smallest absolute Gasteiger partial charge is 0.248 e. The molecule has 3 rings (SSSR count). The molecule has 7 nitrogen and oxygen atoms in total. The lowest BCUT2D eigenvalue weighted by atomic mass is 9.85. The largest absolute Gasteiger partial charge is 0.360 e. The summed E-state index contributed by atoms with van der Waals surface area (Å²) < 4.78 is 32.3. The summed E-state index contributed by atoms with van der Waals surface area (Å²) in [6, 6.07) is 7.40. The third-order valence-corrected chi connectivity index (χ3v) is 8.11. The number of sulfonamides is 1. The number of halogens is 1. The molecule has 1 aromatic carbocycles. The van der Waals surface area contributed by atoms with E-state index in [1.165, 1.54) is 4.31 Å². The summed E-state index contributed by atoms with van der Waals surface area (Å²) in [5.41, 5.74) is 1.24. The van der Waals surface area contributed by atoms with Crippen LogP contribution in [0.1, 0.15) is 36.8 Å². The molecule has 1 atom stereocenters. The van der Waals surface area contributed by atoms with E-state index in [0.717, 1.165) is 5.56 Å². The number of benzene rings is 1. The van der Waals surface area contributed by atoms with Crippen LogP contribution in [0.2, 0.25) is 5.02 Å². The van der Waals surface area contributed by atoms with Crippen molar-refractivity contribution in [1.82, 2.24) is 14.8 Å². The molecule has 9 heteroatoms. The van der Waals surface area contributed by atoms with Gasteiger partial charge in [-0.15, -0.1) is 0 Å². The highest BCUT2D eigenvalue weighted by atomic mass is 35.5. The summed E-state index contributed by atoms with van der Waals surface area (Å²) >= 11 is 6.13. The number of aryl methyl sites for hydroxylation is 2. The van der Waals surface area contributed by atoms with Crippen LogP contribution in [0, 0.1) is 25.7 Å². The van der Waals surface area contributed by atoms with Crippen molar-refractivity contribution < 1.29 is 17.7 Å². The maximum atomic E-state index is 12.9. The first-order chi connectivity index (χ1) is 13.7. The molecule has 158 valence electrons. The maximum absolute atomic E-state index is 12.9. The van der Waals surface area contributed by atoms with Crippen LogP contribution in [-0.2, 0) is 21.4 Å². The Labute approximate surface area is 176 Å². The van der Waals surface area contributed by atoms with Crippen molar-refractivity contribution in [2.45, 2.75) is 45.1 Å². The van der Waals surface area contributed by atoms with Gasteiger partial charge in [-0.25, -0.2) is 8.42 Å². The molecule has 0 unspecified atom stereocenters. The average molecular weight is 440 g/mol. The summed E-state index contributed by atoms with van der Waals surface area (Å²) in [5, 5.41) is 7.32. The monoisotopic (exact) mass is 439 g/mol. The molecule has 1 aliphatic heterocycles. The van der Waals surface area contributed by atoms with Crippen molar-refractivity contribution in [2.75, 3.05) is 13.1 Å². The molecule has 1 saturated heterocycles. The second-order valence-electron chi connectivity index (χ2n) is 7.49. The van der Waals surface area contributed by atoms with Crippen LogP contribution in [0.5, 0.6) is 0 Å². The fourth-order valence-electron chi connectivity index (χ4n) is 3.79. The number of carbonyl (C=O) groups excluding carboxylic acids is 1. The molecule has 0 spiro atoms. The van der Waals surface area contributed by atoms with Crippen LogP contribution in [0.15, 0.2) is 33.7 Å². The number of amides is 1. The number of hydrogen-bond acceptors (Lipinski definition) is 5. The minimum atomic E-state index is -3.64. The lowest BCUT2D eigenvalue weighted by Crippen LogP contribution is -2.42. The van der Waals surface area contributed by atoms with Gasteiger partial charge < -0.3 is 9.84 Å². The fourth-order valence-corrected chi connectivity index (χ4v) is 5.75. The van der Waals surface area contributed by atoms with Crippen molar-refractivity contribution in [3.8, 4) is 0 Å². The molecular formula is C20H26ClN3O4S. The molecule has 0 aliphatic carbocycles. The van der Waals surface area contributed by atoms with Gasteiger partial charge in [-0.2, -0.15) is 4.31 Å². The summed E-state index contributed by atoms with van der Waals surface area (Å²) in [6.45, 7) is 6.25. The van der Waals surface area contributed by atoms with Gasteiger partial charge in [0.05, 0.1) is 0 Å². The second-order valence-corrected chi connectivity index (χ2v) is 9.77. The Hall–Kier alpha value is -1.90. The molecular weight excluding hydrogens is 414 g/mol. The van der Waals surface area contributed by atoms with Crippen LogP contribution in [0.25, 0.3) is 0 Å². The number of hydrogen-bond donors (Lipinski definition) is 1. The van der Waals surface area contributed by atoms with Gasteiger partial charge in [-0.05, 0) is 44.2 Å². The van der Waals surface area contributed by atoms with E-state index in [4.69, 9.17) is 16.1 Å². The lowest BCUT2D eigenvalue weighted by Gasteiger charge is -2.33. The first-order valence-electron chi connectivity index (χ1n) is 9.66. The Kier molecular flexibility index (Phi) is 6.65. The molecule has 0 radical (unpaired) electrons. The van der Waals surface area contributed by atoms with E-state index in [-0.39, 0.29) is 22.6 Å². The zero-order valence-corrected chi connectivity index (χ0v) is 18.4. The first kappa shape index (κ1) is 21.8. The Morgan fingerprint density at radius 3 is 2.55 bits per heavy atom. The Bertz CT molecular complexity index is 962. The summed E-state index contributed by atoms with van der Waals surface area (Å²) in [5.74, 6) is 0.174. The zero-order chi connectivity index (χ0) is 21.2. The van der Waals surface area contributed by atoms with Crippen LogP contribution in [-0.4, -0.2) is 36.9 Å².